The molecule has 10 nitrogen and oxygen atoms in total. The molecule has 0 saturated heterocycles. The largest absolute Gasteiger partial charge is 0.480 e. The quantitative estimate of drug-likeness (QED) is 0.218. The first-order chi connectivity index (χ1) is 14.8. The van der Waals surface area contributed by atoms with E-state index in [0.29, 0.717) is 18.0 Å². The summed E-state index contributed by atoms with van der Waals surface area (Å²) in [5, 5.41) is 24.5. The average Bonchev–Trinajstić information content (AvgIpc) is 2.75. The fourth-order valence-corrected chi connectivity index (χ4v) is 3.66. The van der Waals surface area contributed by atoms with E-state index in [2.05, 4.69) is 20.9 Å². The molecule has 31 heavy (non-hydrogen) atoms. The fraction of sp³-hybridized carbons (Fsp3) is 0.571. The molecule has 1 heterocycles. The highest BCUT2D eigenvalue weighted by Crippen LogP contribution is 2.27. The molecular weight excluding hydrogens is 400 g/mol. The van der Waals surface area contributed by atoms with Gasteiger partial charge in [0.25, 0.3) is 0 Å². The summed E-state index contributed by atoms with van der Waals surface area (Å²) in [6.07, 6.45) is 7.59. The molecule has 1 fully saturated rings. The number of aliphatic carboxylic acids is 1. The van der Waals surface area contributed by atoms with Crippen molar-refractivity contribution in [1.29, 1.82) is 5.41 Å². The van der Waals surface area contributed by atoms with Crippen LogP contribution in [0.15, 0.2) is 18.3 Å². The first-order valence-corrected chi connectivity index (χ1v) is 10.6. The number of carbonyl (C=O) groups excluding carboxylic acids is 2. The number of aromatic nitrogens is 1. The van der Waals surface area contributed by atoms with Crippen molar-refractivity contribution in [2.75, 3.05) is 6.54 Å². The van der Waals surface area contributed by atoms with Crippen molar-refractivity contribution in [3.8, 4) is 0 Å². The monoisotopic (exact) mass is 432 g/mol. The second-order valence-electron chi connectivity index (χ2n) is 7.98. The van der Waals surface area contributed by atoms with E-state index in [1.54, 1.807) is 19.1 Å². The third-order valence-corrected chi connectivity index (χ3v) is 5.43. The number of hydrogen-bond acceptors (Lipinski definition) is 6. The third-order valence-electron chi connectivity index (χ3n) is 5.43. The molecule has 0 spiro atoms. The summed E-state index contributed by atoms with van der Waals surface area (Å²) in [7, 11) is 0. The van der Waals surface area contributed by atoms with E-state index in [0.717, 1.165) is 31.2 Å². The molecule has 7 N–H and O–H groups in total. The minimum atomic E-state index is -1.03. The summed E-state index contributed by atoms with van der Waals surface area (Å²) in [4.78, 5) is 40.1. The maximum Gasteiger partial charge on any atom is 0.317 e. The van der Waals surface area contributed by atoms with E-state index in [1.165, 1.54) is 12.6 Å². The van der Waals surface area contributed by atoms with Crippen LogP contribution in [0.4, 0.5) is 0 Å². The lowest BCUT2D eigenvalue weighted by atomic mass is 9.84. The van der Waals surface area contributed by atoms with Gasteiger partial charge in [0.05, 0.1) is 12.6 Å². The molecule has 0 bridgehead atoms. The van der Waals surface area contributed by atoms with Crippen molar-refractivity contribution >= 4 is 23.6 Å². The molecule has 0 aromatic carbocycles. The molecule has 2 rings (SSSR count). The molecule has 1 aliphatic rings. The molecule has 2 atom stereocenters. The Kier molecular flexibility index (Phi) is 9.39. The first kappa shape index (κ1) is 24.3. The number of amides is 2. The topological polar surface area (TPSA) is 170 Å². The minimum Gasteiger partial charge on any atom is -0.480 e. The highest BCUT2D eigenvalue weighted by molar-refractivity contribution is 5.93. The summed E-state index contributed by atoms with van der Waals surface area (Å²) in [5.74, 6) is -1.52. The van der Waals surface area contributed by atoms with Crippen LogP contribution in [0.2, 0.25) is 0 Å². The Morgan fingerprint density at radius 3 is 2.52 bits per heavy atom. The van der Waals surface area contributed by atoms with Crippen LogP contribution < -0.4 is 21.7 Å². The fourth-order valence-electron chi connectivity index (χ4n) is 3.66. The SMILES string of the molecule is C[C@@H](NC(=O)[C@@H](CC1CCCCC1)NCC(=O)O)C(=O)NCc1ccc(C(=N)N)nc1. The van der Waals surface area contributed by atoms with Gasteiger partial charge in [0, 0.05) is 12.7 Å². The summed E-state index contributed by atoms with van der Waals surface area (Å²) in [6.45, 7) is 1.49. The summed E-state index contributed by atoms with van der Waals surface area (Å²) in [5.41, 5.74) is 6.45. The van der Waals surface area contributed by atoms with E-state index >= 15 is 0 Å². The van der Waals surface area contributed by atoms with Crippen LogP contribution in [0, 0.1) is 11.3 Å². The van der Waals surface area contributed by atoms with Crippen LogP contribution >= 0.6 is 0 Å². The number of carboxylic acids is 1. The maximum absolute atomic E-state index is 12.7. The Morgan fingerprint density at radius 1 is 1.23 bits per heavy atom. The van der Waals surface area contributed by atoms with Gasteiger partial charge in [0.1, 0.15) is 17.6 Å². The van der Waals surface area contributed by atoms with E-state index in [1.807, 2.05) is 0 Å². The van der Waals surface area contributed by atoms with Gasteiger partial charge < -0.3 is 21.5 Å². The van der Waals surface area contributed by atoms with Gasteiger partial charge >= 0.3 is 5.97 Å². The Labute approximate surface area is 181 Å². The number of carbonyl (C=O) groups is 3. The molecule has 1 saturated carbocycles. The van der Waals surface area contributed by atoms with Crippen molar-refractivity contribution < 1.29 is 19.5 Å². The summed E-state index contributed by atoms with van der Waals surface area (Å²) in [6, 6.07) is 1.87. The Balaban J connectivity index is 1.87. The number of amidine groups is 1. The van der Waals surface area contributed by atoms with Crippen LogP contribution in [0.3, 0.4) is 0 Å². The molecule has 0 unspecified atom stereocenters. The lowest BCUT2D eigenvalue weighted by Gasteiger charge is -2.27. The number of nitrogens with one attached hydrogen (secondary N) is 4. The van der Waals surface area contributed by atoms with Crippen LogP contribution in [-0.4, -0.2) is 52.3 Å². The van der Waals surface area contributed by atoms with E-state index in [9.17, 15) is 14.4 Å². The smallest absolute Gasteiger partial charge is 0.317 e. The molecular formula is C21H32N6O4. The lowest BCUT2D eigenvalue weighted by molar-refractivity contribution is -0.136. The average molecular weight is 433 g/mol. The summed E-state index contributed by atoms with van der Waals surface area (Å²) < 4.78 is 0. The Hall–Kier alpha value is -3.01. The molecule has 170 valence electrons. The lowest BCUT2D eigenvalue weighted by Crippen LogP contribution is -2.52. The van der Waals surface area contributed by atoms with E-state index < -0.39 is 18.1 Å². The maximum atomic E-state index is 12.7. The summed E-state index contributed by atoms with van der Waals surface area (Å²) >= 11 is 0. The zero-order valence-corrected chi connectivity index (χ0v) is 17.8. The molecule has 0 aliphatic heterocycles. The van der Waals surface area contributed by atoms with Gasteiger partial charge in [-0.25, -0.2) is 0 Å². The Morgan fingerprint density at radius 2 is 1.94 bits per heavy atom. The van der Waals surface area contributed by atoms with Crippen molar-refractivity contribution in [2.45, 2.75) is 64.1 Å². The molecule has 1 aliphatic carbocycles. The van der Waals surface area contributed by atoms with Gasteiger partial charge in [-0.05, 0) is 30.9 Å². The standard InChI is InChI=1S/C21H32N6O4/c1-13(20(30)26-11-15-7-8-16(19(22)23)24-10-15)27-21(31)17(25-12-18(28)29)9-14-5-3-2-4-6-14/h7-8,10,13-14,17,25H,2-6,9,11-12H2,1H3,(H3,22,23)(H,26,30)(H,27,31)(H,28,29)/t13-,17-/m1/s1. The number of rotatable bonds is 11. The highest BCUT2D eigenvalue weighted by Gasteiger charge is 2.27. The van der Waals surface area contributed by atoms with Crippen LogP contribution in [0.1, 0.15) is 56.7 Å². The predicted molar refractivity (Wildman–Crippen MR) is 115 cm³/mol. The zero-order chi connectivity index (χ0) is 22.8. The van der Waals surface area contributed by atoms with E-state index in [4.69, 9.17) is 16.2 Å². The molecule has 1 aromatic heterocycles. The normalized spacial score (nSPS) is 16.2. The number of nitrogen functional groups attached to an aromatic ring is 1. The Bertz CT molecular complexity index is 777. The predicted octanol–water partition coefficient (Wildman–Crippen LogP) is 0.500. The number of hydrogen-bond donors (Lipinski definition) is 6. The number of carboxylic acid groups (broad SMARTS) is 1. The highest BCUT2D eigenvalue weighted by atomic mass is 16.4. The van der Waals surface area contributed by atoms with Gasteiger partial charge in [0.2, 0.25) is 11.8 Å². The van der Waals surface area contributed by atoms with Crippen molar-refractivity contribution in [3.05, 3.63) is 29.6 Å². The van der Waals surface area contributed by atoms with Gasteiger partial charge in [-0.15, -0.1) is 0 Å². The zero-order valence-electron chi connectivity index (χ0n) is 17.8. The molecule has 0 radical (unpaired) electrons. The van der Waals surface area contributed by atoms with Crippen LogP contribution in [-0.2, 0) is 20.9 Å². The van der Waals surface area contributed by atoms with E-state index in [-0.39, 0.29) is 30.7 Å². The molecule has 2 amide bonds. The van der Waals surface area contributed by atoms with Gasteiger partial charge in [0.15, 0.2) is 0 Å². The number of nitrogens with two attached hydrogens (primary N) is 1. The van der Waals surface area contributed by atoms with Gasteiger partial charge in [-0.1, -0.05) is 38.2 Å². The second kappa shape index (κ2) is 12.0. The van der Waals surface area contributed by atoms with Crippen LogP contribution in [0.5, 0.6) is 0 Å². The van der Waals surface area contributed by atoms with Gasteiger partial charge in [-0.3, -0.25) is 30.1 Å². The molecule has 1 aromatic rings. The number of nitrogens with zero attached hydrogens (tertiary/aromatic N) is 1. The van der Waals surface area contributed by atoms with Crippen molar-refractivity contribution in [3.63, 3.8) is 0 Å². The minimum absolute atomic E-state index is 0.133. The van der Waals surface area contributed by atoms with Crippen LogP contribution in [0.25, 0.3) is 0 Å². The van der Waals surface area contributed by atoms with Crippen molar-refractivity contribution in [1.82, 2.24) is 20.9 Å². The molecule has 10 heteroatoms. The van der Waals surface area contributed by atoms with Gasteiger partial charge in [-0.2, -0.15) is 0 Å². The third kappa shape index (κ3) is 8.33. The second-order valence-corrected chi connectivity index (χ2v) is 7.98. The number of pyridine rings is 1. The first-order valence-electron chi connectivity index (χ1n) is 10.6. The van der Waals surface area contributed by atoms with Crippen molar-refractivity contribution in [2.24, 2.45) is 11.7 Å².